The summed E-state index contributed by atoms with van der Waals surface area (Å²) in [6.07, 6.45) is 0.937. The summed E-state index contributed by atoms with van der Waals surface area (Å²) in [6.45, 7) is 5.58. The maximum Gasteiger partial charge on any atom is 0.102 e. The third kappa shape index (κ3) is 4.41. The summed E-state index contributed by atoms with van der Waals surface area (Å²) in [4.78, 5) is 0. The molecule has 0 unspecified atom stereocenters. The maximum absolute atomic E-state index is 5.30. The van der Waals surface area contributed by atoms with Crippen LogP contribution in [0, 0.1) is 0 Å². The fraction of sp³-hybridized carbons (Fsp3) is 0.818. The summed E-state index contributed by atoms with van der Waals surface area (Å²) in [5, 5.41) is 11.4. The highest BCUT2D eigenvalue weighted by Crippen LogP contribution is 2.07. The molecule has 6 nitrogen and oxygen atoms in total. The zero-order chi connectivity index (χ0) is 12.5. The molecule has 0 saturated carbocycles. The van der Waals surface area contributed by atoms with E-state index in [0.29, 0.717) is 13.2 Å². The van der Waals surface area contributed by atoms with Gasteiger partial charge in [-0.1, -0.05) is 5.21 Å². The number of aryl methyl sites for hydroxylation is 1. The first kappa shape index (κ1) is 14.1. The molecule has 0 aliphatic heterocycles. The predicted molar refractivity (Wildman–Crippen MR) is 64.6 cm³/mol. The zero-order valence-corrected chi connectivity index (χ0v) is 10.9. The van der Waals surface area contributed by atoms with Gasteiger partial charge in [0.2, 0.25) is 0 Å². The average Bonchev–Trinajstić information content (AvgIpc) is 2.69. The fourth-order valence-electron chi connectivity index (χ4n) is 1.61. The van der Waals surface area contributed by atoms with E-state index in [1.165, 1.54) is 0 Å². The van der Waals surface area contributed by atoms with Crippen molar-refractivity contribution in [3.05, 3.63) is 11.4 Å². The quantitative estimate of drug-likeness (QED) is 0.641. The largest absolute Gasteiger partial charge is 0.382 e. The van der Waals surface area contributed by atoms with Crippen molar-refractivity contribution in [2.45, 2.75) is 33.0 Å². The van der Waals surface area contributed by atoms with Crippen molar-refractivity contribution >= 4 is 0 Å². The minimum Gasteiger partial charge on any atom is -0.382 e. The number of aromatic nitrogens is 3. The molecule has 1 rings (SSSR count). The smallest absolute Gasteiger partial charge is 0.102 e. The van der Waals surface area contributed by atoms with E-state index in [4.69, 9.17) is 9.47 Å². The number of ether oxygens (including phenoxy) is 2. The molecule has 0 radical (unpaired) electrons. The third-order valence-corrected chi connectivity index (χ3v) is 2.41. The summed E-state index contributed by atoms with van der Waals surface area (Å²) in [7, 11) is 3.57. The van der Waals surface area contributed by atoms with Crippen LogP contribution < -0.4 is 5.32 Å². The van der Waals surface area contributed by atoms with Crippen LogP contribution in [-0.4, -0.2) is 42.4 Å². The Morgan fingerprint density at radius 2 is 2.24 bits per heavy atom. The second kappa shape index (κ2) is 8.16. The standard InChI is InChI=1S/C11H22N4O2/c1-4-17-7-5-6-15-11(9-16-3)10(8-12-2)13-14-15/h12H,4-9H2,1-3H3. The molecule has 0 atom stereocenters. The van der Waals surface area contributed by atoms with Crippen LogP contribution in [0.15, 0.2) is 0 Å². The minimum absolute atomic E-state index is 0.540. The molecule has 0 amide bonds. The molecule has 1 aromatic heterocycles. The number of methoxy groups -OCH3 is 1. The van der Waals surface area contributed by atoms with Crippen molar-refractivity contribution in [1.29, 1.82) is 0 Å². The van der Waals surface area contributed by atoms with E-state index in [0.717, 1.165) is 37.6 Å². The van der Waals surface area contributed by atoms with Crippen molar-refractivity contribution in [2.75, 3.05) is 27.4 Å². The maximum atomic E-state index is 5.30. The molecule has 1 aromatic rings. The molecule has 0 saturated heterocycles. The molecule has 0 spiro atoms. The molecule has 98 valence electrons. The van der Waals surface area contributed by atoms with Gasteiger partial charge < -0.3 is 14.8 Å². The van der Waals surface area contributed by atoms with Gasteiger partial charge in [-0.2, -0.15) is 0 Å². The van der Waals surface area contributed by atoms with Crippen molar-refractivity contribution in [3.63, 3.8) is 0 Å². The number of nitrogens with one attached hydrogen (secondary N) is 1. The Balaban J connectivity index is 2.56. The predicted octanol–water partition coefficient (Wildman–Crippen LogP) is 0.571. The van der Waals surface area contributed by atoms with Gasteiger partial charge in [0.05, 0.1) is 12.3 Å². The topological polar surface area (TPSA) is 61.2 Å². The summed E-state index contributed by atoms with van der Waals surface area (Å²) in [5.41, 5.74) is 1.99. The van der Waals surface area contributed by atoms with Gasteiger partial charge in [0, 0.05) is 33.4 Å². The Kier molecular flexibility index (Phi) is 6.76. The Morgan fingerprint density at radius 3 is 2.88 bits per heavy atom. The number of rotatable bonds is 9. The lowest BCUT2D eigenvalue weighted by Gasteiger charge is -2.07. The second-order valence-corrected chi connectivity index (χ2v) is 3.72. The third-order valence-electron chi connectivity index (χ3n) is 2.41. The molecular weight excluding hydrogens is 220 g/mol. The average molecular weight is 242 g/mol. The van der Waals surface area contributed by atoms with Crippen molar-refractivity contribution < 1.29 is 9.47 Å². The lowest BCUT2D eigenvalue weighted by Crippen LogP contribution is -2.12. The number of hydrogen-bond donors (Lipinski definition) is 1. The summed E-state index contributed by atoms with van der Waals surface area (Å²) in [5.74, 6) is 0. The van der Waals surface area contributed by atoms with Crippen LogP contribution in [0.2, 0.25) is 0 Å². The molecule has 1 heterocycles. The molecular formula is C11H22N4O2. The molecule has 0 aromatic carbocycles. The molecule has 0 bridgehead atoms. The van der Waals surface area contributed by atoms with E-state index in [-0.39, 0.29) is 0 Å². The molecule has 1 N–H and O–H groups in total. The first-order valence-electron chi connectivity index (χ1n) is 5.96. The Hall–Kier alpha value is -0.980. The zero-order valence-electron chi connectivity index (χ0n) is 10.9. The van der Waals surface area contributed by atoms with E-state index in [1.54, 1.807) is 7.11 Å². The van der Waals surface area contributed by atoms with Gasteiger partial charge in [0.15, 0.2) is 0 Å². The molecule has 0 aliphatic rings. The van der Waals surface area contributed by atoms with Crippen LogP contribution in [0.5, 0.6) is 0 Å². The van der Waals surface area contributed by atoms with Crippen molar-refractivity contribution in [3.8, 4) is 0 Å². The summed E-state index contributed by atoms with van der Waals surface area (Å²) >= 11 is 0. The van der Waals surface area contributed by atoms with E-state index < -0.39 is 0 Å². The van der Waals surface area contributed by atoms with Gasteiger partial charge in [-0.3, -0.25) is 0 Å². The highest BCUT2D eigenvalue weighted by atomic mass is 16.5. The Labute approximate surface area is 102 Å². The van der Waals surface area contributed by atoms with Crippen LogP contribution in [-0.2, 0) is 29.2 Å². The van der Waals surface area contributed by atoms with Crippen molar-refractivity contribution in [1.82, 2.24) is 20.3 Å². The SMILES string of the molecule is CCOCCCn1nnc(CNC)c1COC. The molecule has 0 fully saturated rings. The normalized spacial score (nSPS) is 11.0. The first-order valence-corrected chi connectivity index (χ1v) is 5.96. The van der Waals surface area contributed by atoms with Crippen LogP contribution in [0.25, 0.3) is 0 Å². The van der Waals surface area contributed by atoms with Gasteiger partial charge in [0.1, 0.15) is 5.69 Å². The van der Waals surface area contributed by atoms with Crippen molar-refractivity contribution in [2.24, 2.45) is 0 Å². The number of hydrogen-bond acceptors (Lipinski definition) is 5. The Morgan fingerprint density at radius 1 is 1.41 bits per heavy atom. The van der Waals surface area contributed by atoms with Gasteiger partial charge in [0.25, 0.3) is 0 Å². The van der Waals surface area contributed by atoms with Crippen LogP contribution in [0.4, 0.5) is 0 Å². The fourth-order valence-corrected chi connectivity index (χ4v) is 1.61. The summed E-state index contributed by atoms with van der Waals surface area (Å²) in [6, 6.07) is 0. The minimum atomic E-state index is 0.540. The van der Waals surface area contributed by atoms with Gasteiger partial charge in [-0.15, -0.1) is 5.10 Å². The monoisotopic (exact) mass is 242 g/mol. The van der Waals surface area contributed by atoms with E-state index in [1.807, 2.05) is 18.7 Å². The molecule has 0 aliphatic carbocycles. The van der Waals surface area contributed by atoms with Crippen LogP contribution in [0.3, 0.4) is 0 Å². The number of nitrogens with zero attached hydrogens (tertiary/aromatic N) is 3. The highest BCUT2D eigenvalue weighted by molar-refractivity contribution is 5.08. The second-order valence-electron chi connectivity index (χ2n) is 3.72. The van der Waals surface area contributed by atoms with Crippen LogP contribution >= 0.6 is 0 Å². The van der Waals surface area contributed by atoms with Gasteiger partial charge in [-0.05, 0) is 20.4 Å². The van der Waals surface area contributed by atoms with E-state index in [9.17, 15) is 0 Å². The highest BCUT2D eigenvalue weighted by Gasteiger charge is 2.11. The van der Waals surface area contributed by atoms with E-state index in [2.05, 4.69) is 15.6 Å². The molecule has 6 heteroatoms. The Bertz CT molecular complexity index is 314. The summed E-state index contributed by atoms with van der Waals surface area (Å²) < 4.78 is 12.4. The van der Waals surface area contributed by atoms with E-state index >= 15 is 0 Å². The lowest BCUT2D eigenvalue weighted by atomic mass is 10.3. The lowest BCUT2D eigenvalue weighted by molar-refractivity contribution is 0.138. The first-order chi connectivity index (χ1) is 8.33. The van der Waals surface area contributed by atoms with Gasteiger partial charge >= 0.3 is 0 Å². The van der Waals surface area contributed by atoms with Crippen LogP contribution in [0.1, 0.15) is 24.7 Å². The molecule has 17 heavy (non-hydrogen) atoms. The van der Waals surface area contributed by atoms with Gasteiger partial charge in [-0.25, -0.2) is 4.68 Å².